The lowest BCUT2D eigenvalue weighted by Gasteiger charge is -2.37. The van der Waals surface area contributed by atoms with Crippen molar-refractivity contribution in [3.8, 4) is 0 Å². The molecule has 2 heterocycles. The quantitative estimate of drug-likeness (QED) is 0.609. The van der Waals surface area contributed by atoms with Crippen LogP contribution in [0.3, 0.4) is 0 Å². The van der Waals surface area contributed by atoms with E-state index in [1.54, 1.807) is 35.6 Å². The van der Waals surface area contributed by atoms with Gasteiger partial charge in [0.2, 0.25) is 5.91 Å². The smallest absolute Gasteiger partial charge is 0.313 e. The fraction of sp³-hybridized carbons (Fsp3) is 0.381. The van der Waals surface area contributed by atoms with Crippen molar-refractivity contribution in [2.75, 3.05) is 50.4 Å². The first-order chi connectivity index (χ1) is 14.4. The minimum Gasteiger partial charge on any atom is -0.346 e. The molecule has 0 bridgehead atoms. The van der Waals surface area contributed by atoms with Gasteiger partial charge in [-0.1, -0.05) is 6.07 Å². The summed E-state index contributed by atoms with van der Waals surface area (Å²) in [5, 5.41) is 12.1. The maximum Gasteiger partial charge on any atom is 0.313 e. The van der Waals surface area contributed by atoms with Gasteiger partial charge >= 0.3 is 11.8 Å². The third kappa shape index (κ3) is 6.12. The second kappa shape index (κ2) is 10.3. The predicted molar refractivity (Wildman–Crippen MR) is 119 cm³/mol. The summed E-state index contributed by atoms with van der Waals surface area (Å²) in [6.07, 6.45) is 0. The van der Waals surface area contributed by atoms with E-state index in [0.717, 1.165) is 31.7 Å². The van der Waals surface area contributed by atoms with Crippen LogP contribution in [0, 0.1) is 0 Å². The van der Waals surface area contributed by atoms with Crippen LogP contribution in [0.2, 0.25) is 0 Å². The Hall–Kier alpha value is -2.75. The Morgan fingerprint density at radius 1 is 1.03 bits per heavy atom. The molecule has 160 valence electrons. The topological polar surface area (TPSA) is 93.8 Å². The van der Waals surface area contributed by atoms with Gasteiger partial charge in [0.15, 0.2) is 0 Å². The fourth-order valence-corrected chi connectivity index (χ4v) is 4.10. The first-order valence-corrected chi connectivity index (χ1v) is 10.8. The minimum atomic E-state index is -0.738. The molecule has 30 heavy (non-hydrogen) atoms. The van der Waals surface area contributed by atoms with Crippen LogP contribution in [-0.2, 0) is 14.4 Å². The molecule has 3 rings (SSSR count). The molecule has 1 fully saturated rings. The third-order valence-corrected chi connectivity index (χ3v) is 5.71. The Balaban J connectivity index is 1.58. The van der Waals surface area contributed by atoms with E-state index in [2.05, 4.69) is 44.2 Å². The number of benzene rings is 1. The molecular formula is C21H27N5O3S. The first kappa shape index (κ1) is 21.9. The molecule has 8 nitrogen and oxygen atoms in total. The molecule has 3 amide bonds. The van der Waals surface area contributed by atoms with E-state index in [9.17, 15) is 14.4 Å². The van der Waals surface area contributed by atoms with Crippen molar-refractivity contribution in [1.29, 1.82) is 0 Å². The van der Waals surface area contributed by atoms with Crippen molar-refractivity contribution in [2.45, 2.75) is 13.0 Å². The SMILES string of the molecule is CC(=O)Nc1cccc(NC(=O)C(=O)NCC(c2ccsc2)N2CCN(C)CC2)c1. The van der Waals surface area contributed by atoms with Crippen LogP contribution in [0.15, 0.2) is 41.1 Å². The van der Waals surface area contributed by atoms with Crippen LogP contribution < -0.4 is 16.0 Å². The van der Waals surface area contributed by atoms with E-state index >= 15 is 0 Å². The number of carbonyl (C=O) groups is 3. The molecule has 3 N–H and O–H groups in total. The van der Waals surface area contributed by atoms with Crippen LogP contribution in [0.4, 0.5) is 11.4 Å². The number of rotatable bonds is 6. The highest BCUT2D eigenvalue weighted by atomic mass is 32.1. The number of hydrogen-bond acceptors (Lipinski definition) is 6. The molecule has 0 aliphatic carbocycles. The zero-order chi connectivity index (χ0) is 21.5. The third-order valence-electron chi connectivity index (χ3n) is 5.01. The van der Waals surface area contributed by atoms with Gasteiger partial charge in [-0.15, -0.1) is 0 Å². The van der Waals surface area contributed by atoms with Gasteiger partial charge in [0.25, 0.3) is 0 Å². The summed E-state index contributed by atoms with van der Waals surface area (Å²) >= 11 is 1.62. The number of likely N-dealkylation sites (N-methyl/N-ethyl adjacent to an activating group) is 1. The molecule has 0 spiro atoms. The van der Waals surface area contributed by atoms with Crippen molar-refractivity contribution < 1.29 is 14.4 Å². The van der Waals surface area contributed by atoms with Crippen molar-refractivity contribution in [3.05, 3.63) is 46.7 Å². The van der Waals surface area contributed by atoms with Gasteiger partial charge in [0, 0.05) is 51.0 Å². The molecule has 1 unspecified atom stereocenters. The lowest BCUT2D eigenvalue weighted by Crippen LogP contribution is -2.49. The lowest BCUT2D eigenvalue weighted by atomic mass is 10.1. The summed E-state index contributed by atoms with van der Waals surface area (Å²) in [6, 6.07) is 8.76. The number of piperazine rings is 1. The van der Waals surface area contributed by atoms with Gasteiger partial charge in [-0.25, -0.2) is 0 Å². The Labute approximate surface area is 180 Å². The lowest BCUT2D eigenvalue weighted by molar-refractivity contribution is -0.136. The number of amides is 3. The summed E-state index contributed by atoms with van der Waals surface area (Å²) in [7, 11) is 2.10. The van der Waals surface area contributed by atoms with Crippen LogP contribution in [0.1, 0.15) is 18.5 Å². The first-order valence-electron chi connectivity index (χ1n) is 9.84. The molecule has 2 aromatic rings. The zero-order valence-electron chi connectivity index (χ0n) is 17.2. The number of nitrogens with zero attached hydrogens (tertiary/aromatic N) is 2. The number of nitrogens with one attached hydrogen (secondary N) is 3. The van der Waals surface area contributed by atoms with Crippen LogP contribution in [0.25, 0.3) is 0 Å². The summed E-state index contributed by atoms with van der Waals surface area (Å²) in [6.45, 7) is 5.53. The van der Waals surface area contributed by atoms with E-state index in [0.29, 0.717) is 17.9 Å². The van der Waals surface area contributed by atoms with Crippen molar-refractivity contribution >= 4 is 40.4 Å². The zero-order valence-corrected chi connectivity index (χ0v) is 18.0. The van der Waals surface area contributed by atoms with Gasteiger partial charge in [-0.2, -0.15) is 11.3 Å². The summed E-state index contributed by atoms with van der Waals surface area (Å²) in [5.41, 5.74) is 2.14. The van der Waals surface area contributed by atoms with E-state index in [1.165, 1.54) is 6.92 Å². The Bertz CT molecular complexity index is 879. The predicted octanol–water partition coefficient (Wildman–Crippen LogP) is 1.75. The number of hydrogen-bond donors (Lipinski definition) is 3. The van der Waals surface area contributed by atoms with E-state index in [4.69, 9.17) is 0 Å². The van der Waals surface area contributed by atoms with E-state index in [-0.39, 0.29) is 11.9 Å². The maximum absolute atomic E-state index is 12.4. The Morgan fingerprint density at radius 2 is 1.73 bits per heavy atom. The fourth-order valence-electron chi connectivity index (χ4n) is 3.39. The summed E-state index contributed by atoms with van der Waals surface area (Å²) in [5.74, 6) is -1.63. The van der Waals surface area contributed by atoms with Gasteiger partial charge in [-0.3, -0.25) is 19.3 Å². The van der Waals surface area contributed by atoms with Gasteiger partial charge in [-0.05, 0) is 47.6 Å². The van der Waals surface area contributed by atoms with Crippen LogP contribution in [-0.4, -0.2) is 67.3 Å². The average molecular weight is 430 g/mol. The highest BCUT2D eigenvalue weighted by molar-refractivity contribution is 7.08. The number of carbonyl (C=O) groups excluding carboxylic acids is 3. The monoisotopic (exact) mass is 429 g/mol. The molecule has 1 aliphatic heterocycles. The highest BCUT2D eigenvalue weighted by Crippen LogP contribution is 2.23. The van der Waals surface area contributed by atoms with Crippen molar-refractivity contribution in [2.24, 2.45) is 0 Å². The molecular weight excluding hydrogens is 402 g/mol. The number of anilines is 2. The minimum absolute atomic E-state index is 0.0322. The Morgan fingerprint density at radius 3 is 2.37 bits per heavy atom. The van der Waals surface area contributed by atoms with Gasteiger partial charge in [0.05, 0.1) is 6.04 Å². The molecule has 1 atom stereocenters. The van der Waals surface area contributed by atoms with E-state index < -0.39 is 11.8 Å². The van der Waals surface area contributed by atoms with Crippen LogP contribution in [0.5, 0.6) is 0 Å². The second-order valence-corrected chi connectivity index (χ2v) is 8.12. The average Bonchev–Trinajstić information content (AvgIpc) is 3.23. The molecule has 0 radical (unpaired) electrons. The van der Waals surface area contributed by atoms with Gasteiger partial charge in [0.1, 0.15) is 0 Å². The maximum atomic E-state index is 12.4. The second-order valence-electron chi connectivity index (χ2n) is 7.34. The molecule has 1 aliphatic rings. The van der Waals surface area contributed by atoms with E-state index in [1.807, 2.05) is 5.38 Å². The number of thiophene rings is 1. The van der Waals surface area contributed by atoms with Crippen LogP contribution >= 0.6 is 11.3 Å². The van der Waals surface area contributed by atoms with Crippen molar-refractivity contribution in [3.63, 3.8) is 0 Å². The molecule has 1 saturated heterocycles. The Kier molecular flexibility index (Phi) is 7.56. The van der Waals surface area contributed by atoms with Crippen molar-refractivity contribution in [1.82, 2.24) is 15.1 Å². The summed E-state index contributed by atoms with van der Waals surface area (Å²) < 4.78 is 0. The molecule has 9 heteroatoms. The largest absolute Gasteiger partial charge is 0.346 e. The summed E-state index contributed by atoms with van der Waals surface area (Å²) in [4.78, 5) is 40.5. The molecule has 1 aromatic heterocycles. The normalized spacial score (nSPS) is 15.9. The molecule has 1 aromatic carbocycles. The van der Waals surface area contributed by atoms with Gasteiger partial charge < -0.3 is 20.9 Å². The highest BCUT2D eigenvalue weighted by Gasteiger charge is 2.25. The standard InChI is InChI=1S/C21H27N5O3S/c1-15(27)23-17-4-3-5-18(12-17)24-21(29)20(28)22-13-19(16-6-11-30-14-16)26-9-7-25(2)8-10-26/h3-6,11-12,14,19H,7-10,13H2,1-2H3,(H,22,28)(H,23,27)(H,24,29). The molecule has 0 saturated carbocycles.